The van der Waals surface area contributed by atoms with Crippen molar-refractivity contribution in [2.45, 2.75) is 57.7 Å². The zero-order valence-electron chi connectivity index (χ0n) is 16.7. The minimum Gasteiger partial charge on any atom is -0.336 e. The molecule has 7 nitrogen and oxygen atoms in total. The van der Waals surface area contributed by atoms with Crippen LogP contribution in [0.15, 0.2) is 11.2 Å². The predicted molar refractivity (Wildman–Crippen MR) is 113 cm³/mol. The molecule has 2 N–H and O–H groups in total. The van der Waals surface area contributed by atoms with Crippen molar-refractivity contribution in [3.8, 4) is 10.7 Å². The monoisotopic (exact) mass is 421 g/mol. The lowest BCUT2D eigenvalue weighted by Gasteiger charge is -2.19. The number of urea groups is 1. The molecule has 152 valence electrons. The minimum atomic E-state index is -0.478. The van der Waals surface area contributed by atoms with E-state index in [1.807, 2.05) is 25.5 Å². The predicted octanol–water partition coefficient (Wildman–Crippen LogP) is 3.38. The summed E-state index contributed by atoms with van der Waals surface area (Å²) in [6.07, 6.45) is 4.80. The van der Waals surface area contributed by atoms with E-state index >= 15 is 0 Å². The molecule has 1 atom stereocenters. The van der Waals surface area contributed by atoms with Crippen LogP contribution >= 0.6 is 23.1 Å². The van der Waals surface area contributed by atoms with Crippen molar-refractivity contribution < 1.29 is 9.59 Å². The molecule has 0 spiro atoms. The minimum absolute atomic E-state index is 0.0222. The number of fused-ring (bicyclic) bond motifs is 1. The van der Waals surface area contributed by atoms with Gasteiger partial charge >= 0.3 is 6.03 Å². The molecular weight excluding hydrogens is 394 g/mol. The standard InChI is InChI=1S/C19H27N5O2S2/c1-5-12-6-7-14-13(8-12)9-15(28-14)17-22-23-19(24(17)4)27-10-16(25)21-18(26)20-11(2)3/h9,11-12H,5-8,10H2,1-4H3,(H2,20,21,25,26)/t12-/m1/s1. The molecule has 2 heterocycles. The normalized spacial score (nSPS) is 16.1. The van der Waals surface area contributed by atoms with Gasteiger partial charge in [0, 0.05) is 18.0 Å². The molecular formula is C19H27N5O2S2. The van der Waals surface area contributed by atoms with Gasteiger partial charge in [0.05, 0.1) is 10.6 Å². The van der Waals surface area contributed by atoms with Crippen LogP contribution in [-0.4, -0.2) is 38.5 Å². The van der Waals surface area contributed by atoms with Crippen LogP contribution in [0.5, 0.6) is 0 Å². The van der Waals surface area contributed by atoms with Crippen LogP contribution < -0.4 is 10.6 Å². The number of aryl methyl sites for hydroxylation is 1. The molecule has 3 amide bonds. The first-order chi connectivity index (χ1) is 13.4. The fourth-order valence-electron chi connectivity index (χ4n) is 3.30. The van der Waals surface area contributed by atoms with E-state index in [9.17, 15) is 9.59 Å². The van der Waals surface area contributed by atoms with Gasteiger partial charge in [0.15, 0.2) is 11.0 Å². The second kappa shape index (κ2) is 9.09. The average molecular weight is 422 g/mol. The third-order valence-electron chi connectivity index (χ3n) is 4.82. The Morgan fingerprint density at radius 2 is 2.18 bits per heavy atom. The van der Waals surface area contributed by atoms with Gasteiger partial charge in [0.2, 0.25) is 5.91 Å². The first kappa shape index (κ1) is 20.9. The fourth-order valence-corrected chi connectivity index (χ4v) is 5.24. The SMILES string of the molecule is CC[C@@H]1CCc2sc(-c3nnc(SCC(=O)NC(=O)NC(C)C)n3C)cc2C1. The van der Waals surface area contributed by atoms with E-state index in [0.29, 0.717) is 5.16 Å². The van der Waals surface area contributed by atoms with Crippen LogP contribution in [0.3, 0.4) is 0 Å². The van der Waals surface area contributed by atoms with E-state index in [1.54, 1.807) is 11.3 Å². The Labute approximate surface area is 173 Å². The summed E-state index contributed by atoms with van der Waals surface area (Å²) in [7, 11) is 1.91. The molecule has 1 aliphatic rings. The molecule has 2 aromatic heterocycles. The Bertz CT molecular complexity index is 859. The largest absolute Gasteiger partial charge is 0.336 e. The molecule has 0 saturated heterocycles. The molecule has 0 bridgehead atoms. The highest BCUT2D eigenvalue weighted by Crippen LogP contribution is 2.37. The number of thioether (sulfide) groups is 1. The van der Waals surface area contributed by atoms with Gasteiger partial charge in [0.1, 0.15) is 0 Å². The van der Waals surface area contributed by atoms with Gasteiger partial charge in [-0.3, -0.25) is 10.1 Å². The lowest BCUT2D eigenvalue weighted by molar-refractivity contribution is -0.117. The van der Waals surface area contributed by atoms with E-state index in [-0.39, 0.29) is 17.7 Å². The Morgan fingerprint density at radius 3 is 2.89 bits per heavy atom. The molecule has 28 heavy (non-hydrogen) atoms. The van der Waals surface area contributed by atoms with E-state index in [0.717, 1.165) is 29.5 Å². The Kier molecular flexibility index (Phi) is 6.77. The topological polar surface area (TPSA) is 88.9 Å². The molecule has 0 saturated carbocycles. The van der Waals surface area contributed by atoms with Crippen molar-refractivity contribution in [1.29, 1.82) is 0 Å². The van der Waals surface area contributed by atoms with Gasteiger partial charge in [0.25, 0.3) is 0 Å². The summed E-state index contributed by atoms with van der Waals surface area (Å²) in [5.74, 6) is 1.36. The van der Waals surface area contributed by atoms with E-state index in [4.69, 9.17) is 0 Å². The first-order valence-corrected chi connectivity index (χ1v) is 11.4. The summed E-state index contributed by atoms with van der Waals surface area (Å²) in [5.41, 5.74) is 1.45. The molecule has 0 radical (unpaired) electrons. The maximum Gasteiger partial charge on any atom is 0.321 e. The van der Waals surface area contributed by atoms with Gasteiger partial charge in [-0.15, -0.1) is 21.5 Å². The van der Waals surface area contributed by atoms with Crippen LogP contribution in [0.2, 0.25) is 0 Å². The maximum atomic E-state index is 11.9. The van der Waals surface area contributed by atoms with Crippen molar-refractivity contribution >= 4 is 35.0 Å². The summed E-state index contributed by atoms with van der Waals surface area (Å²) in [5, 5.41) is 14.2. The molecule has 9 heteroatoms. The summed E-state index contributed by atoms with van der Waals surface area (Å²) in [6, 6.07) is 1.75. The average Bonchev–Trinajstić information content (AvgIpc) is 3.21. The van der Waals surface area contributed by atoms with Gasteiger partial charge in [-0.25, -0.2) is 4.79 Å². The van der Waals surface area contributed by atoms with E-state index in [1.165, 1.54) is 35.0 Å². The van der Waals surface area contributed by atoms with Crippen LogP contribution in [0.1, 0.15) is 44.1 Å². The Morgan fingerprint density at radius 1 is 1.39 bits per heavy atom. The highest BCUT2D eigenvalue weighted by Gasteiger charge is 2.22. The zero-order valence-corrected chi connectivity index (χ0v) is 18.4. The van der Waals surface area contributed by atoms with Crippen molar-refractivity contribution in [2.24, 2.45) is 13.0 Å². The highest BCUT2D eigenvalue weighted by molar-refractivity contribution is 7.99. The maximum absolute atomic E-state index is 11.9. The summed E-state index contributed by atoms with van der Waals surface area (Å²) < 4.78 is 1.92. The second-order valence-corrected chi connectivity index (χ2v) is 9.49. The van der Waals surface area contributed by atoms with Crippen molar-refractivity contribution in [3.63, 3.8) is 0 Å². The molecule has 0 aromatic carbocycles. The Hall–Kier alpha value is -1.87. The number of carbonyl (C=O) groups excluding carboxylic acids is 2. The van der Waals surface area contributed by atoms with Crippen LogP contribution in [0.25, 0.3) is 10.7 Å². The number of thiophene rings is 1. The highest BCUT2D eigenvalue weighted by atomic mass is 32.2. The molecule has 1 aliphatic carbocycles. The number of hydrogen-bond donors (Lipinski definition) is 2. The van der Waals surface area contributed by atoms with Gasteiger partial charge in [-0.05, 0) is 50.7 Å². The summed E-state index contributed by atoms with van der Waals surface area (Å²) >= 11 is 3.07. The number of rotatable bonds is 6. The number of amides is 3. The third-order valence-corrected chi connectivity index (χ3v) is 7.08. The quantitative estimate of drug-likeness (QED) is 0.698. The van der Waals surface area contributed by atoms with Crippen molar-refractivity contribution in [3.05, 3.63) is 16.5 Å². The second-order valence-electron chi connectivity index (χ2n) is 7.41. The fraction of sp³-hybridized carbons (Fsp3) is 0.579. The molecule has 0 aliphatic heterocycles. The zero-order chi connectivity index (χ0) is 20.3. The molecule has 0 fully saturated rings. The van der Waals surface area contributed by atoms with Crippen molar-refractivity contribution in [1.82, 2.24) is 25.4 Å². The third kappa shape index (κ3) is 4.94. The van der Waals surface area contributed by atoms with Crippen molar-refractivity contribution in [2.75, 3.05) is 5.75 Å². The lowest BCUT2D eigenvalue weighted by atomic mass is 9.87. The van der Waals surface area contributed by atoms with E-state index < -0.39 is 6.03 Å². The van der Waals surface area contributed by atoms with Crippen LogP contribution in [-0.2, 0) is 24.7 Å². The molecule has 2 aromatic rings. The number of hydrogen-bond acceptors (Lipinski definition) is 6. The number of aromatic nitrogens is 3. The van der Waals surface area contributed by atoms with Crippen LogP contribution in [0.4, 0.5) is 4.79 Å². The van der Waals surface area contributed by atoms with Crippen LogP contribution in [0, 0.1) is 5.92 Å². The number of nitrogens with one attached hydrogen (secondary N) is 2. The number of imide groups is 1. The molecule has 3 rings (SSSR count). The first-order valence-electron chi connectivity index (χ1n) is 9.61. The smallest absolute Gasteiger partial charge is 0.321 e. The van der Waals surface area contributed by atoms with Gasteiger partial charge < -0.3 is 9.88 Å². The lowest BCUT2D eigenvalue weighted by Crippen LogP contribution is -2.43. The van der Waals surface area contributed by atoms with E-state index in [2.05, 4.69) is 33.8 Å². The number of nitrogens with zero attached hydrogens (tertiary/aromatic N) is 3. The molecule has 0 unspecified atom stereocenters. The number of carbonyl (C=O) groups is 2. The summed E-state index contributed by atoms with van der Waals surface area (Å²) in [4.78, 5) is 26.1. The Balaban J connectivity index is 1.62. The van der Waals surface area contributed by atoms with Gasteiger partial charge in [-0.1, -0.05) is 25.1 Å². The van der Waals surface area contributed by atoms with Gasteiger partial charge in [-0.2, -0.15) is 0 Å². The summed E-state index contributed by atoms with van der Waals surface area (Å²) in [6.45, 7) is 5.94.